The summed E-state index contributed by atoms with van der Waals surface area (Å²) < 4.78 is 0. The van der Waals surface area contributed by atoms with E-state index in [2.05, 4.69) is 21.2 Å². The molecule has 1 N–H and O–H groups in total. The molecule has 2 fully saturated rings. The third kappa shape index (κ3) is 1.36. The highest BCUT2D eigenvalue weighted by molar-refractivity contribution is 5.07. The summed E-state index contributed by atoms with van der Waals surface area (Å²) in [5.74, 6) is 0.975. The van der Waals surface area contributed by atoms with Gasteiger partial charge in [0.25, 0.3) is 0 Å². The van der Waals surface area contributed by atoms with Crippen molar-refractivity contribution in [3.63, 3.8) is 0 Å². The average Bonchev–Trinajstić information content (AvgIpc) is 2.71. The van der Waals surface area contributed by atoms with Gasteiger partial charge in [0.1, 0.15) is 0 Å². The maximum atomic E-state index is 4.05. The molecule has 0 aliphatic carbocycles. The lowest BCUT2D eigenvalue weighted by Gasteiger charge is -2.43. The van der Waals surface area contributed by atoms with Gasteiger partial charge in [-0.05, 0) is 44.2 Å². The smallest absolute Gasteiger partial charge is 0.0523 e. The van der Waals surface area contributed by atoms with Gasteiger partial charge in [-0.25, -0.2) is 0 Å². The lowest BCUT2D eigenvalue weighted by molar-refractivity contribution is 0.0650. The molecule has 2 aliphatic rings. The highest BCUT2D eigenvalue weighted by atomic mass is 15.2. The van der Waals surface area contributed by atoms with Gasteiger partial charge in [0.15, 0.2) is 0 Å². The molecular formula is C11H17N3. The molecule has 2 bridgehead atoms. The van der Waals surface area contributed by atoms with Gasteiger partial charge >= 0.3 is 0 Å². The van der Waals surface area contributed by atoms with Gasteiger partial charge in [-0.3, -0.25) is 10.00 Å². The Morgan fingerprint density at radius 1 is 1.36 bits per heavy atom. The van der Waals surface area contributed by atoms with Crippen molar-refractivity contribution in [3.8, 4) is 0 Å². The van der Waals surface area contributed by atoms with Crippen LogP contribution >= 0.6 is 0 Å². The average molecular weight is 191 g/mol. The monoisotopic (exact) mass is 191 g/mol. The SMILES string of the molecule is c1cc(C2CCC3CCCN2C3)[nH]n1. The first kappa shape index (κ1) is 8.48. The number of rotatable bonds is 1. The van der Waals surface area contributed by atoms with E-state index in [4.69, 9.17) is 0 Å². The van der Waals surface area contributed by atoms with Gasteiger partial charge in [-0.1, -0.05) is 0 Å². The lowest BCUT2D eigenvalue weighted by atomic mass is 9.85. The fourth-order valence-corrected chi connectivity index (χ4v) is 3.00. The largest absolute Gasteiger partial charge is 0.295 e. The van der Waals surface area contributed by atoms with E-state index in [0.717, 1.165) is 5.92 Å². The van der Waals surface area contributed by atoms with Crippen molar-refractivity contribution < 1.29 is 0 Å². The number of fused-ring (bicyclic) bond motifs is 2. The minimum Gasteiger partial charge on any atom is -0.295 e. The Morgan fingerprint density at radius 3 is 3.21 bits per heavy atom. The Bertz CT molecular complexity index is 293. The van der Waals surface area contributed by atoms with Crippen molar-refractivity contribution in [1.82, 2.24) is 15.1 Å². The summed E-state index contributed by atoms with van der Waals surface area (Å²) in [6.45, 7) is 2.59. The number of nitrogens with zero attached hydrogens (tertiary/aromatic N) is 2. The zero-order valence-corrected chi connectivity index (χ0v) is 8.45. The van der Waals surface area contributed by atoms with Gasteiger partial charge < -0.3 is 0 Å². The van der Waals surface area contributed by atoms with Crippen LogP contribution in [0.3, 0.4) is 0 Å². The third-order valence-corrected chi connectivity index (χ3v) is 3.72. The van der Waals surface area contributed by atoms with Gasteiger partial charge in [-0.15, -0.1) is 0 Å². The topological polar surface area (TPSA) is 31.9 Å². The van der Waals surface area contributed by atoms with E-state index in [0.29, 0.717) is 6.04 Å². The molecule has 3 heterocycles. The molecule has 0 aromatic carbocycles. The minimum atomic E-state index is 0.619. The Morgan fingerprint density at radius 2 is 2.36 bits per heavy atom. The van der Waals surface area contributed by atoms with Crippen LogP contribution in [0.15, 0.2) is 12.3 Å². The normalized spacial score (nSPS) is 37.0. The molecule has 0 radical (unpaired) electrons. The highest BCUT2D eigenvalue weighted by Crippen LogP contribution is 2.37. The standard InChI is InChI=1S/C11H17N3/c1-2-9-3-4-11(14(7-1)8-9)10-5-6-12-13-10/h5-6,9,11H,1-4,7-8H2,(H,12,13). The maximum Gasteiger partial charge on any atom is 0.0523 e. The third-order valence-electron chi connectivity index (χ3n) is 3.72. The molecule has 3 atom stereocenters. The first-order chi connectivity index (χ1) is 6.93. The number of aromatic nitrogens is 2. The van der Waals surface area contributed by atoms with Crippen LogP contribution in [0.4, 0.5) is 0 Å². The van der Waals surface area contributed by atoms with Crippen LogP contribution in [-0.2, 0) is 0 Å². The minimum absolute atomic E-state index is 0.619. The molecule has 76 valence electrons. The molecule has 2 saturated heterocycles. The zero-order valence-electron chi connectivity index (χ0n) is 8.45. The Kier molecular flexibility index (Phi) is 2.05. The van der Waals surface area contributed by atoms with E-state index < -0.39 is 0 Å². The second-order valence-corrected chi connectivity index (χ2v) is 4.61. The number of aromatic amines is 1. The molecule has 3 unspecified atom stereocenters. The van der Waals surface area contributed by atoms with Crippen LogP contribution in [0.25, 0.3) is 0 Å². The number of nitrogens with one attached hydrogen (secondary N) is 1. The molecule has 14 heavy (non-hydrogen) atoms. The summed E-state index contributed by atoms with van der Waals surface area (Å²) >= 11 is 0. The second kappa shape index (κ2) is 3.39. The zero-order chi connectivity index (χ0) is 9.38. The summed E-state index contributed by atoms with van der Waals surface area (Å²) in [6.07, 6.45) is 7.42. The first-order valence-electron chi connectivity index (χ1n) is 5.67. The van der Waals surface area contributed by atoms with Crippen molar-refractivity contribution in [2.45, 2.75) is 31.7 Å². The quantitative estimate of drug-likeness (QED) is 0.735. The number of hydrogen-bond donors (Lipinski definition) is 1. The number of H-pyrrole nitrogens is 1. The van der Waals surface area contributed by atoms with Crippen LogP contribution in [-0.4, -0.2) is 28.2 Å². The molecule has 0 spiro atoms. The van der Waals surface area contributed by atoms with Gasteiger partial charge in [0, 0.05) is 12.7 Å². The van der Waals surface area contributed by atoms with E-state index in [-0.39, 0.29) is 0 Å². The Labute approximate surface area is 84.5 Å². The summed E-state index contributed by atoms with van der Waals surface area (Å²) in [6, 6.07) is 2.74. The lowest BCUT2D eigenvalue weighted by Crippen LogP contribution is -2.42. The van der Waals surface area contributed by atoms with Crippen molar-refractivity contribution in [2.75, 3.05) is 13.1 Å². The van der Waals surface area contributed by atoms with Crippen LogP contribution < -0.4 is 0 Å². The van der Waals surface area contributed by atoms with Gasteiger partial charge in [0.2, 0.25) is 0 Å². The second-order valence-electron chi connectivity index (χ2n) is 4.61. The predicted octanol–water partition coefficient (Wildman–Crippen LogP) is 1.96. The van der Waals surface area contributed by atoms with Crippen LogP contribution in [0.1, 0.15) is 37.4 Å². The van der Waals surface area contributed by atoms with Crippen molar-refractivity contribution in [2.24, 2.45) is 5.92 Å². The van der Waals surface area contributed by atoms with Gasteiger partial charge in [0.05, 0.1) is 11.7 Å². The number of hydrogen-bond acceptors (Lipinski definition) is 2. The van der Waals surface area contributed by atoms with E-state index in [9.17, 15) is 0 Å². The van der Waals surface area contributed by atoms with Crippen molar-refractivity contribution in [3.05, 3.63) is 18.0 Å². The van der Waals surface area contributed by atoms with E-state index in [1.165, 1.54) is 44.5 Å². The predicted molar refractivity (Wildman–Crippen MR) is 54.9 cm³/mol. The van der Waals surface area contributed by atoms with Crippen LogP contribution in [0.5, 0.6) is 0 Å². The van der Waals surface area contributed by atoms with Crippen molar-refractivity contribution in [1.29, 1.82) is 0 Å². The molecule has 1 aromatic rings. The highest BCUT2D eigenvalue weighted by Gasteiger charge is 2.32. The number of piperidine rings is 2. The van der Waals surface area contributed by atoms with E-state index >= 15 is 0 Å². The molecule has 1 aromatic heterocycles. The summed E-state index contributed by atoms with van der Waals surface area (Å²) in [7, 11) is 0. The fraction of sp³-hybridized carbons (Fsp3) is 0.727. The fourth-order valence-electron chi connectivity index (χ4n) is 3.00. The molecule has 3 heteroatoms. The molecule has 0 amide bonds. The molecule has 3 nitrogen and oxygen atoms in total. The molecular weight excluding hydrogens is 174 g/mol. The van der Waals surface area contributed by atoms with E-state index in [1.54, 1.807) is 0 Å². The maximum absolute atomic E-state index is 4.05. The van der Waals surface area contributed by atoms with E-state index in [1.807, 2.05) is 6.20 Å². The molecule has 2 aliphatic heterocycles. The van der Waals surface area contributed by atoms with Crippen LogP contribution in [0, 0.1) is 5.92 Å². The Hall–Kier alpha value is -0.830. The molecule has 3 rings (SSSR count). The molecule has 0 saturated carbocycles. The summed E-state index contributed by atoms with van der Waals surface area (Å²) in [4.78, 5) is 2.63. The van der Waals surface area contributed by atoms with Crippen molar-refractivity contribution >= 4 is 0 Å². The summed E-state index contributed by atoms with van der Waals surface area (Å²) in [5.41, 5.74) is 1.31. The first-order valence-corrected chi connectivity index (χ1v) is 5.67. The Balaban J connectivity index is 1.80. The summed E-state index contributed by atoms with van der Waals surface area (Å²) in [5, 5.41) is 7.17. The van der Waals surface area contributed by atoms with Gasteiger partial charge in [-0.2, -0.15) is 5.10 Å². The van der Waals surface area contributed by atoms with Crippen LogP contribution in [0.2, 0.25) is 0 Å².